The first-order valence-electron chi connectivity index (χ1n) is 6.00. The molecule has 8 heteroatoms. The number of halogens is 2. The number of nitrogens with one attached hydrogen (secondary N) is 1. The quantitative estimate of drug-likeness (QED) is 0.592. The van der Waals surface area contributed by atoms with Crippen LogP contribution in [0.1, 0.15) is 10.4 Å². The molecule has 2 aromatic carbocycles. The molecule has 0 unspecified atom stereocenters. The molecule has 5 nitrogen and oxygen atoms in total. The largest absolute Gasteiger partial charge is 0.465 e. The Morgan fingerprint density at radius 3 is 2.36 bits per heavy atom. The molecule has 0 aliphatic rings. The monoisotopic (exact) mass is 435 g/mol. The van der Waals surface area contributed by atoms with Gasteiger partial charge in [0.05, 0.1) is 23.3 Å². The van der Waals surface area contributed by atoms with E-state index in [1.165, 1.54) is 49.6 Å². The summed E-state index contributed by atoms with van der Waals surface area (Å²) in [6.45, 7) is 0. The van der Waals surface area contributed by atoms with Crippen molar-refractivity contribution in [2.24, 2.45) is 0 Å². The Morgan fingerprint density at radius 2 is 1.82 bits per heavy atom. The average Bonchev–Trinajstić information content (AvgIpc) is 2.49. The fraction of sp³-hybridized carbons (Fsp3) is 0.0714. The van der Waals surface area contributed by atoms with Gasteiger partial charge in [0, 0.05) is 3.57 Å². The number of hydrogen-bond donors (Lipinski definition) is 1. The van der Waals surface area contributed by atoms with Gasteiger partial charge in [0.2, 0.25) is 0 Å². The predicted molar refractivity (Wildman–Crippen MR) is 87.7 cm³/mol. The summed E-state index contributed by atoms with van der Waals surface area (Å²) in [5.74, 6) is -1.00. The molecular weight excluding hydrogens is 424 g/mol. The van der Waals surface area contributed by atoms with Crippen molar-refractivity contribution in [3.63, 3.8) is 0 Å². The van der Waals surface area contributed by atoms with E-state index in [9.17, 15) is 17.6 Å². The van der Waals surface area contributed by atoms with Crippen molar-refractivity contribution in [1.29, 1.82) is 0 Å². The summed E-state index contributed by atoms with van der Waals surface area (Å²) in [6, 6.07) is 9.04. The lowest BCUT2D eigenvalue weighted by atomic mass is 10.2. The number of carbonyl (C=O) groups excluding carboxylic acids is 1. The summed E-state index contributed by atoms with van der Waals surface area (Å²) < 4.78 is 44.9. The maximum Gasteiger partial charge on any atom is 0.337 e. The summed E-state index contributed by atoms with van der Waals surface area (Å²) in [4.78, 5) is 11.3. The average molecular weight is 435 g/mol. The van der Waals surface area contributed by atoms with Gasteiger partial charge in [0.1, 0.15) is 5.82 Å². The van der Waals surface area contributed by atoms with Crippen molar-refractivity contribution in [2.45, 2.75) is 4.90 Å². The zero-order valence-corrected chi connectivity index (χ0v) is 14.3. The molecule has 22 heavy (non-hydrogen) atoms. The number of esters is 1. The summed E-state index contributed by atoms with van der Waals surface area (Å²) in [5.41, 5.74) is 0.525. The fourth-order valence-corrected chi connectivity index (χ4v) is 3.54. The van der Waals surface area contributed by atoms with E-state index in [2.05, 4.69) is 9.46 Å². The second kappa shape index (κ2) is 6.61. The van der Waals surface area contributed by atoms with Crippen molar-refractivity contribution in [2.75, 3.05) is 11.8 Å². The number of carbonyl (C=O) groups is 1. The molecule has 1 N–H and O–H groups in total. The van der Waals surface area contributed by atoms with Gasteiger partial charge in [-0.1, -0.05) is 0 Å². The molecule has 2 aromatic rings. The van der Waals surface area contributed by atoms with Crippen molar-refractivity contribution in [3.8, 4) is 0 Å². The van der Waals surface area contributed by atoms with E-state index in [4.69, 9.17) is 0 Å². The number of anilines is 1. The summed E-state index contributed by atoms with van der Waals surface area (Å²) in [6.07, 6.45) is 0. The SMILES string of the molecule is COC(=O)c1ccc(S(=O)(=O)Nc2ccc(F)cc2I)cc1. The van der Waals surface area contributed by atoms with Crippen LogP contribution in [0.3, 0.4) is 0 Å². The molecular formula is C14H11FINO4S. The van der Waals surface area contributed by atoms with Gasteiger partial charge < -0.3 is 4.74 Å². The summed E-state index contributed by atoms with van der Waals surface area (Å²) >= 11 is 1.84. The van der Waals surface area contributed by atoms with Crippen LogP contribution in [-0.2, 0) is 14.8 Å². The molecule has 0 saturated carbocycles. The lowest BCUT2D eigenvalue weighted by molar-refractivity contribution is 0.0600. The maximum atomic E-state index is 13.0. The zero-order chi connectivity index (χ0) is 16.3. The number of hydrogen-bond acceptors (Lipinski definition) is 4. The normalized spacial score (nSPS) is 11.0. The van der Waals surface area contributed by atoms with Crippen molar-refractivity contribution >= 4 is 44.3 Å². The number of ether oxygens (including phenoxy) is 1. The fourth-order valence-electron chi connectivity index (χ4n) is 1.66. The van der Waals surface area contributed by atoms with Gasteiger partial charge in [-0.25, -0.2) is 17.6 Å². The van der Waals surface area contributed by atoms with E-state index >= 15 is 0 Å². The molecule has 0 saturated heterocycles. The van der Waals surface area contributed by atoms with Crippen LogP contribution in [0.25, 0.3) is 0 Å². The topological polar surface area (TPSA) is 72.5 Å². The van der Waals surface area contributed by atoms with Crippen LogP contribution in [0.15, 0.2) is 47.4 Å². The second-order valence-corrected chi connectivity index (χ2v) is 7.09. The number of methoxy groups -OCH3 is 1. The highest BCUT2D eigenvalue weighted by Gasteiger charge is 2.16. The lowest BCUT2D eigenvalue weighted by Crippen LogP contribution is -2.14. The standard InChI is InChI=1S/C14H11FINO4S/c1-21-14(18)9-2-5-11(6-3-9)22(19,20)17-13-7-4-10(15)8-12(13)16/h2-8,17H,1H3. The minimum atomic E-state index is -3.83. The molecule has 0 radical (unpaired) electrons. The third-order valence-electron chi connectivity index (χ3n) is 2.76. The Morgan fingerprint density at radius 1 is 1.18 bits per heavy atom. The number of rotatable bonds is 4. The van der Waals surface area contributed by atoms with E-state index in [1.807, 2.05) is 22.6 Å². The first-order valence-corrected chi connectivity index (χ1v) is 8.56. The molecule has 0 spiro atoms. The summed E-state index contributed by atoms with van der Waals surface area (Å²) in [7, 11) is -2.59. The van der Waals surface area contributed by atoms with E-state index in [0.29, 0.717) is 3.57 Å². The van der Waals surface area contributed by atoms with Crippen molar-refractivity contribution in [3.05, 3.63) is 57.4 Å². The van der Waals surface area contributed by atoms with Crippen molar-refractivity contribution < 1.29 is 22.3 Å². The van der Waals surface area contributed by atoms with Crippen LogP contribution in [-0.4, -0.2) is 21.5 Å². The molecule has 0 atom stereocenters. The van der Waals surface area contributed by atoms with E-state index in [-0.39, 0.29) is 16.1 Å². The van der Waals surface area contributed by atoms with Crippen LogP contribution in [0.5, 0.6) is 0 Å². The summed E-state index contributed by atoms with van der Waals surface area (Å²) in [5, 5.41) is 0. The minimum Gasteiger partial charge on any atom is -0.465 e. The molecule has 0 aromatic heterocycles. The van der Waals surface area contributed by atoms with Crippen LogP contribution in [0.4, 0.5) is 10.1 Å². The van der Waals surface area contributed by atoms with Crippen LogP contribution < -0.4 is 4.72 Å². The molecule has 0 aliphatic carbocycles. The first kappa shape index (κ1) is 16.7. The molecule has 0 fully saturated rings. The molecule has 0 amide bonds. The highest BCUT2D eigenvalue weighted by atomic mass is 127. The minimum absolute atomic E-state index is 0.0136. The van der Waals surface area contributed by atoms with E-state index in [0.717, 1.165) is 0 Å². The Balaban J connectivity index is 2.28. The second-order valence-electron chi connectivity index (χ2n) is 4.25. The number of benzene rings is 2. The Hall–Kier alpha value is -1.68. The Kier molecular flexibility index (Phi) is 5.01. The van der Waals surface area contributed by atoms with Gasteiger partial charge in [-0.15, -0.1) is 0 Å². The highest BCUT2D eigenvalue weighted by molar-refractivity contribution is 14.1. The van der Waals surface area contributed by atoms with Crippen LogP contribution in [0.2, 0.25) is 0 Å². The van der Waals surface area contributed by atoms with Gasteiger partial charge in [0.15, 0.2) is 0 Å². The molecule has 2 rings (SSSR count). The van der Waals surface area contributed by atoms with Gasteiger partial charge >= 0.3 is 5.97 Å². The van der Waals surface area contributed by atoms with Crippen molar-refractivity contribution in [1.82, 2.24) is 0 Å². The third kappa shape index (κ3) is 3.74. The maximum absolute atomic E-state index is 13.0. The molecule has 0 heterocycles. The zero-order valence-electron chi connectivity index (χ0n) is 11.3. The van der Waals surface area contributed by atoms with Gasteiger partial charge in [-0.2, -0.15) is 0 Å². The predicted octanol–water partition coefficient (Wildman–Crippen LogP) is 3.02. The van der Waals surface area contributed by atoms with Gasteiger partial charge in [-0.3, -0.25) is 4.72 Å². The lowest BCUT2D eigenvalue weighted by Gasteiger charge is -2.10. The smallest absolute Gasteiger partial charge is 0.337 e. The third-order valence-corrected chi connectivity index (χ3v) is 5.04. The molecule has 0 bridgehead atoms. The Bertz CT molecular complexity index is 806. The molecule has 0 aliphatic heterocycles. The van der Waals surface area contributed by atoms with Gasteiger partial charge in [0.25, 0.3) is 10.0 Å². The number of sulfonamides is 1. The first-order chi connectivity index (χ1) is 10.3. The highest BCUT2D eigenvalue weighted by Crippen LogP contribution is 2.23. The van der Waals surface area contributed by atoms with E-state index < -0.39 is 21.8 Å². The van der Waals surface area contributed by atoms with E-state index in [1.54, 1.807) is 0 Å². The Labute approximate surface area is 140 Å². The van der Waals surface area contributed by atoms with Crippen LogP contribution in [0, 0.1) is 9.39 Å². The van der Waals surface area contributed by atoms with Crippen LogP contribution >= 0.6 is 22.6 Å². The van der Waals surface area contributed by atoms with Gasteiger partial charge in [-0.05, 0) is 65.1 Å². The molecule has 116 valence electrons.